The second-order valence-electron chi connectivity index (χ2n) is 8.80. The van der Waals surface area contributed by atoms with E-state index in [-0.39, 0.29) is 0 Å². The fraction of sp³-hybridized carbons (Fsp3) is 0.455. The lowest BCUT2D eigenvalue weighted by atomic mass is 9.85. The van der Waals surface area contributed by atoms with Crippen LogP contribution in [0.3, 0.4) is 0 Å². The van der Waals surface area contributed by atoms with Gasteiger partial charge < -0.3 is 49.3 Å². The molecule has 1 aliphatic rings. The summed E-state index contributed by atoms with van der Waals surface area (Å²) in [7, 11) is -17.1. The van der Waals surface area contributed by atoms with Gasteiger partial charge in [-0.2, -0.15) is 0 Å². The molecule has 0 aromatic carbocycles. The first kappa shape index (κ1) is 52.2. The number of hydrogen-bond donors (Lipinski definition) is 9. The highest BCUT2D eigenvalue weighted by Crippen LogP contribution is 2.51. The number of rotatable bonds is 24. The fourth-order valence-electron chi connectivity index (χ4n) is 3.18. The van der Waals surface area contributed by atoms with Crippen molar-refractivity contribution in [2.45, 2.75) is 49.7 Å². The summed E-state index contributed by atoms with van der Waals surface area (Å²) in [4.78, 5) is 74.7. The van der Waals surface area contributed by atoms with Crippen molar-refractivity contribution >= 4 is 35.6 Å². The van der Waals surface area contributed by atoms with Gasteiger partial charge in [-0.05, 0) is 84.5 Å². The molecule has 1 fully saturated rings. The van der Waals surface area contributed by atoms with Crippen LogP contribution in [0, 0.1) is 59.2 Å². The van der Waals surface area contributed by atoms with Gasteiger partial charge in [-0.3, -0.25) is 18.1 Å². The van der Waals surface area contributed by atoms with E-state index in [2.05, 4.69) is 136 Å². The van der Waals surface area contributed by atoms with Gasteiger partial charge in [0.2, 0.25) is 0 Å². The molecular weight excluding hydrogens is 885 g/mol. The Balaban J connectivity index is 2.96. The highest BCUT2D eigenvalue weighted by molar-refractivity contribution is 7.47. The van der Waals surface area contributed by atoms with E-state index in [1.54, 1.807) is 6.92 Å². The van der Waals surface area contributed by atoms with E-state index in [9.17, 15) is 53.3 Å². The lowest BCUT2D eigenvalue weighted by molar-refractivity contribution is -0.874. The van der Waals surface area contributed by atoms with Crippen LogP contribution in [-0.4, -0.2) is 113 Å². The van der Waals surface area contributed by atoms with Gasteiger partial charge in [0.1, 0.15) is 43.2 Å². The topological polar surface area (TPSA) is 443 Å². The zero-order chi connectivity index (χ0) is 43.6. The Labute approximate surface area is 319 Å². The van der Waals surface area contributed by atoms with E-state index in [0.717, 1.165) is 0 Å². The first-order valence-electron chi connectivity index (χ1n) is 13.6. The van der Waals surface area contributed by atoms with Gasteiger partial charge >= 0.3 is 35.6 Å². The normalized spacial score (nSPS) is 21.6. The zero-order valence-electron chi connectivity index (χ0n) is 27.6. The molecule has 0 bridgehead atoms. The van der Waals surface area contributed by atoms with Crippen molar-refractivity contribution in [2.75, 3.05) is 13.2 Å². The molecule has 0 spiro atoms. The van der Waals surface area contributed by atoms with Crippen molar-refractivity contribution < 1.29 is 161 Å². The largest absolute Gasteiger partial charge is 0.543 e. The van der Waals surface area contributed by atoms with E-state index in [4.69, 9.17) is 19.8 Å². The maximum atomic E-state index is 12.8. The van der Waals surface area contributed by atoms with Gasteiger partial charge in [0.25, 0.3) is 0 Å². The third-order valence-corrected chi connectivity index (χ3v) is 7.04. The van der Waals surface area contributed by atoms with Crippen molar-refractivity contribution in [2.24, 2.45) is 0 Å². The number of carbonyl (C=O) groups excluding carboxylic acids is 2. The van der Waals surface area contributed by atoms with Crippen molar-refractivity contribution in [1.29, 1.82) is 0 Å². The van der Waals surface area contributed by atoms with Gasteiger partial charge in [0.15, 0.2) is 6.10 Å². The summed E-state index contributed by atoms with van der Waals surface area (Å²) in [6.45, 7) is -0.932. The average molecular weight is 908 g/mol. The van der Waals surface area contributed by atoms with Gasteiger partial charge in [0.05, 0.1) is 6.61 Å². The first-order valence-corrected chi connectivity index (χ1v) is 18.1. The van der Waals surface area contributed by atoms with Crippen LogP contribution < -0.4 is 0 Å². The van der Waals surface area contributed by atoms with Crippen LogP contribution in [0.1, 0.15) is 6.92 Å². The molecular formula is C22H23O33P3. The van der Waals surface area contributed by atoms with Gasteiger partial charge in [-0.25, -0.2) is 33.4 Å². The number of phosphoric acid groups is 3. The minimum atomic E-state index is -5.73. The van der Waals surface area contributed by atoms with E-state index < -0.39 is 91.5 Å². The summed E-state index contributed by atoms with van der Waals surface area (Å²) in [5, 5.41) is 80.3. The molecule has 4 unspecified atom stereocenters. The minimum Gasteiger partial charge on any atom is -0.452 e. The fourth-order valence-corrected chi connectivity index (χ4v) is 5.28. The van der Waals surface area contributed by atoms with E-state index in [1.807, 2.05) is 11.8 Å². The molecule has 0 radical (unpaired) electrons. The third-order valence-electron chi connectivity index (χ3n) is 5.02. The number of hydrogen-bond acceptors (Lipinski definition) is 28. The highest BCUT2D eigenvalue weighted by Gasteiger charge is 2.56. The summed E-state index contributed by atoms with van der Waals surface area (Å²) in [5.41, 5.74) is 0. The zero-order valence-corrected chi connectivity index (χ0v) is 30.3. The summed E-state index contributed by atoms with van der Waals surface area (Å²) in [6, 6.07) is 0. The second-order valence-corrected chi connectivity index (χ2v) is 12.6. The highest BCUT2D eigenvalue weighted by atomic mass is 31.2. The molecule has 36 heteroatoms. The molecule has 8 atom stereocenters. The standard InChI is InChI=1S/C22H23O33P3/c1-2-3-4-5-6-7-8-9-10-11-15(23)37-12-14(39-22(27)40-45-47-49-51-53-55-54-52-50-48-46-44-28)13-38-58(35,36)43-19-16(24)17(25)20(41-56(29,30)31)21(18(19)26)42-57(32,33)34/h14,16-21,24-26,28H,12-13H2,1H3,(H,35,36)(H2,29,30,31)(H2,32,33,34)/t14-,16?,17+,18-,19?,20+,21?/m1/s1. The summed E-state index contributed by atoms with van der Waals surface area (Å²) in [6.07, 6.45) is -19.9. The lowest BCUT2D eigenvalue weighted by Gasteiger charge is -2.44. The molecule has 1 saturated carbocycles. The van der Waals surface area contributed by atoms with Crippen LogP contribution in [0.2, 0.25) is 0 Å². The maximum absolute atomic E-state index is 12.8. The molecule has 1 aliphatic carbocycles. The first-order chi connectivity index (χ1) is 27.3. The van der Waals surface area contributed by atoms with Crippen molar-refractivity contribution in [3.05, 3.63) is 0 Å². The summed E-state index contributed by atoms with van der Waals surface area (Å²) in [5.74, 6) is 21.0. The molecule has 0 aromatic rings. The number of aliphatic hydroxyl groups is 3. The van der Waals surface area contributed by atoms with Crippen molar-refractivity contribution in [1.82, 2.24) is 0 Å². The molecule has 0 aliphatic heterocycles. The van der Waals surface area contributed by atoms with Crippen LogP contribution >= 0.6 is 23.5 Å². The third kappa shape index (κ3) is 24.2. The maximum Gasteiger partial charge on any atom is 0.543 e. The molecule has 0 aromatic heterocycles. The van der Waals surface area contributed by atoms with Gasteiger partial charge in [-0.1, -0.05) is 5.92 Å². The second kappa shape index (κ2) is 27.8. The van der Waals surface area contributed by atoms with Crippen molar-refractivity contribution in [3.63, 3.8) is 0 Å². The van der Waals surface area contributed by atoms with Crippen LogP contribution in [-0.2, 0) is 111 Å². The van der Waals surface area contributed by atoms with Gasteiger partial charge in [0, 0.05) is 36.2 Å². The minimum absolute atomic E-state index is 1.11. The summed E-state index contributed by atoms with van der Waals surface area (Å²) >= 11 is 0. The van der Waals surface area contributed by atoms with Gasteiger partial charge in [-0.15, -0.1) is 0 Å². The van der Waals surface area contributed by atoms with Crippen LogP contribution in [0.25, 0.3) is 0 Å². The Morgan fingerprint density at radius 2 is 1.03 bits per heavy atom. The molecule has 324 valence electrons. The number of esters is 1. The molecule has 0 saturated heterocycles. The number of carbonyl (C=O) groups is 2. The molecule has 1 rings (SSSR count). The summed E-state index contributed by atoms with van der Waals surface area (Å²) < 4.78 is 62.4. The van der Waals surface area contributed by atoms with Crippen LogP contribution in [0.15, 0.2) is 0 Å². The smallest absolute Gasteiger partial charge is 0.452 e. The van der Waals surface area contributed by atoms with E-state index >= 15 is 0 Å². The Bertz CT molecular complexity index is 1770. The van der Waals surface area contributed by atoms with Crippen molar-refractivity contribution in [3.8, 4) is 59.2 Å². The SMILES string of the molecule is CC#CC#CC#CC#CC#CC(=O)OC[C@H](COP(=O)(O)OC1C(O)[C@H](O)[C@H](OP(=O)(O)O)C(OP(=O)(O)O)[C@@H]1O)OC(=O)OOOOOOOOOOOOOO. The molecule has 33 nitrogen and oxygen atoms in total. The number of aliphatic hydroxyl groups excluding tert-OH is 3. The molecule has 58 heavy (non-hydrogen) atoms. The number of ether oxygens (including phenoxy) is 2. The predicted octanol–water partition coefficient (Wildman–Crippen LogP) is -3.71. The Morgan fingerprint density at radius 3 is 1.53 bits per heavy atom. The Kier molecular flexibility index (Phi) is 25.1. The lowest BCUT2D eigenvalue weighted by Crippen LogP contribution is -2.65. The Morgan fingerprint density at radius 1 is 0.586 bits per heavy atom. The van der Waals surface area contributed by atoms with Crippen LogP contribution in [0.5, 0.6) is 0 Å². The molecule has 0 amide bonds. The predicted molar refractivity (Wildman–Crippen MR) is 155 cm³/mol. The Hall–Kier alpha value is -3.77. The molecule has 0 heterocycles. The van der Waals surface area contributed by atoms with E-state index in [1.165, 1.54) is 0 Å². The average Bonchev–Trinajstić information content (AvgIpc) is 3.14. The monoisotopic (exact) mass is 908 g/mol. The number of phosphoric ester groups is 3. The quantitative estimate of drug-likeness (QED) is 0.00856. The molecule has 9 N–H and O–H groups in total. The van der Waals surface area contributed by atoms with E-state index in [0.29, 0.717) is 0 Å². The van der Waals surface area contributed by atoms with Crippen LogP contribution in [0.4, 0.5) is 4.79 Å².